The number of hydrazone groups is 1. The molecule has 2 heterocycles. The molecule has 2 amide bonds. The second kappa shape index (κ2) is 6.97. The summed E-state index contributed by atoms with van der Waals surface area (Å²) in [6.45, 7) is 4.58. The summed E-state index contributed by atoms with van der Waals surface area (Å²) in [5.74, 6) is -0.253. The molecule has 1 aromatic heterocycles. The van der Waals surface area contributed by atoms with Crippen molar-refractivity contribution in [1.29, 1.82) is 0 Å². The van der Waals surface area contributed by atoms with Gasteiger partial charge in [-0.15, -0.1) is 0 Å². The fourth-order valence-corrected chi connectivity index (χ4v) is 2.13. The molecule has 0 aliphatic carbocycles. The molecule has 21 heavy (non-hydrogen) atoms. The van der Waals surface area contributed by atoms with Gasteiger partial charge in [-0.1, -0.05) is 6.92 Å². The van der Waals surface area contributed by atoms with E-state index < -0.39 is 0 Å². The van der Waals surface area contributed by atoms with Crippen molar-refractivity contribution < 1.29 is 9.59 Å². The Kier molecular flexibility index (Phi) is 5.03. The number of hydrogen-bond acceptors (Lipinski definition) is 4. The summed E-state index contributed by atoms with van der Waals surface area (Å²) in [7, 11) is 0. The Morgan fingerprint density at radius 1 is 1.38 bits per heavy atom. The normalized spacial score (nSPS) is 15.9. The number of carbonyl (C=O) groups excluding carboxylic acids is 2. The maximum Gasteiger partial charge on any atom is 0.270 e. The summed E-state index contributed by atoms with van der Waals surface area (Å²) >= 11 is 0. The highest BCUT2D eigenvalue weighted by atomic mass is 16.2. The molecule has 0 bridgehead atoms. The van der Waals surface area contributed by atoms with Gasteiger partial charge < -0.3 is 4.90 Å². The van der Waals surface area contributed by atoms with Gasteiger partial charge in [0.2, 0.25) is 5.91 Å². The quantitative estimate of drug-likeness (QED) is 0.891. The van der Waals surface area contributed by atoms with E-state index in [0.29, 0.717) is 25.1 Å². The first-order valence-electron chi connectivity index (χ1n) is 7.17. The van der Waals surface area contributed by atoms with Crippen LogP contribution < -0.4 is 5.43 Å². The minimum Gasteiger partial charge on any atom is -0.331 e. The molecule has 1 aliphatic rings. The Hall–Kier alpha value is -2.24. The molecule has 0 aromatic carbocycles. The summed E-state index contributed by atoms with van der Waals surface area (Å²) in [5, 5.41) is 3.90. The maximum atomic E-state index is 12.6. The highest BCUT2D eigenvalue weighted by Gasteiger charge is 2.26. The van der Waals surface area contributed by atoms with Crippen LogP contribution in [0.1, 0.15) is 38.7 Å². The van der Waals surface area contributed by atoms with Crippen molar-refractivity contribution in [1.82, 2.24) is 15.3 Å². The SMILES string of the molecule is CCC(C)N(Cc1ccncc1)C(=O)C1=NNC(=O)CC1. The number of aromatic nitrogens is 1. The van der Waals surface area contributed by atoms with Crippen LogP contribution in [0.4, 0.5) is 0 Å². The molecule has 1 aromatic rings. The number of amides is 2. The van der Waals surface area contributed by atoms with Crippen molar-refractivity contribution >= 4 is 17.5 Å². The Morgan fingerprint density at radius 2 is 2.10 bits per heavy atom. The average Bonchev–Trinajstić information content (AvgIpc) is 2.53. The highest BCUT2D eigenvalue weighted by molar-refractivity contribution is 6.39. The molecule has 0 radical (unpaired) electrons. The molecule has 2 rings (SSSR count). The van der Waals surface area contributed by atoms with Gasteiger partial charge in [0.1, 0.15) is 5.71 Å². The van der Waals surface area contributed by atoms with Crippen LogP contribution in [0, 0.1) is 0 Å². The summed E-state index contributed by atoms with van der Waals surface area (Å²) in [4.78, 5) is 29.6. The third-order valence-corrected chi connectivity index (χ3v) is 3.64. The topological polar surface area (TPSA) is 74.7 Å². The lowest BCUT2D eigenvalue weighted by atomic mass is 10.1. The van der Waals surface area contributed by atoms with E-state index in [2.05, 4.69) is 15.5 Å². The molecule has 0 saturated heterocycles. The van der Waals surface area contributed by atoms with Crippen molar-refractivity contribution in [3.8, 4) is 0 Å². The van der Waals surface area contributed by atoms with Crippen molar-refractivity contribution in [3.05, 3.63) is 30.1 Å². The molecule has 1 atom stereocenters. The van der Waals surface area contributed by atoms with Crippen molar-refractivity contribution in [2.45, 2.75) is 45.7 Å². The second-order valence-electron chi connectivity index (χ2n) is 5.14. The predicted octanol–water partition coefficient (Wildman–Crippen LogP) is 1.47. The first-order chi connectivity index (χ1) is 10.1. The zero-order valence-electron chi connectivity index (χ0n) is 12.4. The first kappa shape index (κ1) is 15.2. The summed E-state index contributed by atoms with van der Waals surface area (Å²) in [5.41, 5.74) is 3.83. The highest BCUT2D eigenvalue weighted by Crippen LogP contribution is 2.13. The Labute approximate surface area is 124 Å². The van der Waals surface area contributed by atoms with E-state index in [4.69, 9.17) is 0 Å². The summed E-state index contributed by atoms with van der Waals surface area (Å²) in [6.07, 6.45) is 5.00. The van der Waals surface area contributed by atoms with Crippen LogP contribution in [0.2, 0.25) is 0 Å². The molecule has 0 spiro atoms. The third kappa shape index (κ3) is 3.87. The lowest BCUT2D eigenvalue weighted by Gasteiger charge is -2.29. The number of carbonyl (C=O) groups is 2. The lowest BCUT2D eigenvalue weighted by molar-refractivity contribution is -0.127. The van der Waals surface area contributed by atoms with Gasteiger partial charge >= 0.3 is 0 Å². The standard InChI is InChI=1S/C15H20N4O2/c1-3-11(2)19(10-12-6-8-16-9-7-12)15(21)13-4-5-14(20)18-17-13/h6-9,11H,3-5,10H2,1-2H3,(H,18,20). The van der Waals surface area contributed by atoms with Gasteiger partial charge in [0, 0.05) is 37.8 Å². The number of nitrogens with zero attached hydrogens (tertiary/aromatic N) is 3. The van der Waals surface area contributed by atoms with Gasteiger partial charge in [0.05, 0.1) is 0 Å². The van der Waals surface area contributed by atoms with Crippen LogP contribution >= 0.6 is 0 Å². The molecule has 1 N–H and O–H groups in total. The van der Waals surface area contributed by atoms with Crippen molar-refractivity contribution in [2.75, 3.05) is 0 Å². The molecular weight excluding hydrogens is 268 g/mol. The number of rotatable bonds is 5. The smallest absolute Gasteiger partial charge is 0.270 e. The van der Waals surface area contributed by atoms with Crippen LogP contribution in [-0.2, 0) is 16.1 Å². The average molecular weight is 288 g/mol. The van der Waals surface area contributed by atoms with Crippen molar-refractivity contribution in [2.24, 2.45) is 5.10 Å². The van der Waals surface area contributed by atoms with Crippen LogP contribution in [0.3, 0.4) is 0 Å². The second-order valence-corrected chi connectivity index (χ2v) is 5.14. The molecule has 6 nitrogen and oxygen atoms in total. The van der Waals surface area contributed by atoms with Crippen LogP contribution in [0.25, 0.3) is 0 Å². The number of pyridine rings is 1. The molecular formula is C15H20N4O2. The van der Waals surface area contributed by atoms with Gasteiger partial charge in [0.25, 0.3) is 5.91 Å². The lowest BCUT2D eigenvalue weighted by Crippen LogP contribution is -2.44. The van der Waals surface area contributed by atoms with E-state index in [-0.39, 0.29) is 17.9 Å². The maximum absolute atomic E-state index is 12.6. The molecule has 1 unspecified atom stereocenters. The third-order valence-electron chi connectivity index (χ3n) is 3.64. The van der Waals surface area contributed by atoms with E-state index in [9.17, 15) is 9.59 Å². The van der Waals surface area contributed by atoms with Crippen LogP contribution in [-0.4, -0.2) is 33.5 Å². The summed E-state index contributed by atoms with van der Waals surface area (Å²) in [6, 6.07) is 3.89. The molecule has 6 heteroatoms. The number of hydrogen-bond donors (Lipinski definition) is 1. The predicted molar refractivity (Wildman–Crippen MR) is 79.4 cm³/mol. The zero-order chi connectivity index (χ0) is 15.2. The van der Waals surface area contributed by atoms with Crippen LogP contribution in [0.15, 0.2) is 29.6 Å². The van der Waals surface area contributed by atoms with Crippen molar-refractivity contribution in [3.63, 3.8) is 0 Å². The largest absolute Gasteiger partial charge is 0.331 e. The minimum absolute atomic E-state index is 0.103. The number of nitrogens with one attached hydrogen (secondary N) is 1. The molecule has 1 aliphatic heterocycles. The van der Waals surface area contributed by atoms with Gasteiger partial charge in [-0.3, -0.25) is 14.6 Å². The Morgan fingerprint density at radius 3 is 2.67 bits per heavy atom. The van der Waals surface area contributed by atoms with Gasteiger partial charge in [-0.05, 0) is 31.0 Å². The van der Waals surface area contributed by atoms with E-state index >= 15 is 0 Å². The van der Waals surface area contributed by atoms with Gasteiger partial charge in [0.15, 0.2) is 0 Å². The fraction of sp³-hybridized carbons (Fsp3) is 0.467. The fourth-order valence-electron chi connectivity index (χ4n) is 2.13. The zero-order valence-corrected chi connectivity index (χ0v) is 12.4. The summed E-state index contributed by atoms with van der Waals surface area (Å²) < 4.78 is 0. The Balaban J connectivity index is 2.16. The molecule has 0 fully saturated rings. The van der Waals surface area contributed by atoms with Gasteiger partial charge in [-0.2, -0.15) is 5.10 Å². The first-order valence-corrected chi connectivity index (χ1v) is 7.17. The van der Waals surface area contributed by atoms with E-state index in [0.717, 1.165) is 12.0 Å². The van der Waals surface area contributed by atoms with Crippen LogP contribution in [0.5, 0.6) is 0 Å². The molecule has 0 saturated carbocycles. The van der Waals surface area contributed by atoms with E-state index in [1.807, 2.05) is 26.0 Å². The van der Waals surface area contributed by atoms with E-state index in [1.165, 1.54) is 0 Å². The van der Waals surface area contributed by atoms with E-state index in [1.54, 1.807) is 17.3 Å². The monoisotopic (exact) mass is 288 g/mol. The van der Waals surface area contributed by atoms with Gasteiger partial charge in [-0.25, -0.2) is 5.43 Å². The Bertz CT molecular complexity index is 542. The minimum atomic E-state index is -0.143. The molecule has 112 valence electrons.